The zero-order valence-electron chi connectivity index (χ0n) is 12.7. The first-order valence-electron chi connectivity index (χ1n) is 7.61. The molecule has 1 aliphatic rings. The van der Waals surface area contributed by atoms with E-state index in [1.807, 2.05) is 42.5 Å². The van der Waals surface area contributed by atoms with Gasteiger partial charge in [0.15, 0.2) is 11.5 Å². The molecule has 0 radical (unpaired) electrons. The minimum atomic E-state index is -0.580. The second-order valence-electron chi connectivity index (χ2n) is 5.19. The molecule has 1 heterocycles. The van der Waals surface area contributed by atoms with Gasteiger partial charge in [0, 0.05) is 18.1 Å². The topological polar surface area (TPSA) is 47.6 Å². The normalized spacial score (nSPS) is 15.9. The van der Waals surface area contributed by atoms with Gasteiger partial charge >= 0.3 is 0 Å². The van der Waals surface area contributed by atoms with Gasteiger partial charge in [0.25, 0.3) is 5.91 Å². The fourth-order valence-electron chi connectivity index (χ4n) is 2.27. The molecule has 4 nitrogen and oxygen atoms in total. The van der Waals surface area contributed by atoms with E-state index in [1.165, 1.54) is 5.56 Å². The van der Waals surface area contributed by atoms with Gasteiger partial charge in [0.05, 0.1) is 0 Å². The number of rotatable bonds is 6. The number of fused-ring (bicyclic) bond motifs is 1. The molecule has 0 aromatic heterocycles. The van der Waals surface area contributed by atoms with Crippen molar-refractivity contribution >= 4 is 17.7 Å². The number of carbonyl (C=O) groups is 1. The second kappa shape index (κ2) is 7.92. The van der Waals surface area contributed by atoms with Crippen LogP contribution in [0.4, 0.5) is 0 Å². The van der Waals surface area contributed by atoms with Crippen molar-refractivity contribution in [3.05, 3.63) is 60.2 Å². The van der Waals surface area contributed by atoms with Crippen LogP contribution in [0.5, 0.6) is 11.5 Å². The first-order valence-corrected chi connectivity index (χ1v) is 8.76. The first kappa shape index (κ1) is 15.7. The van der Waals surface area contributed by atoms with Crippen molar-refractivity contribution in [3.8, 4) is 11.5 Å². The quantitative estimate of drug-likeness (QED) is 0.828. The van der Waals surface area contributed by atoms with Crippen molar-refractivity contribution in [2.75, 3.05) is 18.9 Å². The molecular formula is C18H19NO3S. The van der Waals surface area contributed by atoms with Crippen LogP contribution in [-0.4, -0.2) is 30.9 Å². The van der Waals surface area contributed by atoms with Gasteiger partial charge in [-0.1, -0.05) is 42.5 Å². The maximum atomic E-state index is 12.1. The Morgan fingerprint density at radius 1 is 1.09 bits per heavy atom. The Morgan fingerprint density at radius 2 is 1.83 bits per heavy atom. The number of amides is 1. The minimum Gasteiger partial charge on any atom is -0.485 e. The molecule has 120 valence electrons. The number of hydrogen-bond donors (Lipinski definition) is 1. The number of benzene rings is 2. The third kappa shape index (κ3) is 4.42. The van der Waals surface area contributed by atoms with Crippen LogP contribution in [0, 0.1) is 0 Å². The number of para-hydroxylation sites is 2. The van der Waals surface area contributed by atoms with Gasteiger partial charge < -0.3 is 14.8 Å². The molecule has 1 atom stereocenters. The summed E-state index contributed by atoms with van der Waals surface area (Å²) < 4.78 is 11.2. The van der Waals surface area contributed by atoms with E-state index < -0.39 is 6.10 Å². The minimum absolute atomic E-state index is 0.125. The summed E-state index contributed by atoms with van der Waals surface area (Å²) in [5.74, 6) is 3.00. The molecule has 3 rings (SSSR count). The molecule has 0 spiro atoms. The van der Waals surface area contributed by atoms with Crippen molar-refractivity contribution in [1.29, 1.82) is 0 Å². The van der Waals surface area contributed by atoms with Gasteiger partial charge in [-0.2, -0.15) is 11.8 Å². The summed E-state index contributed by atoms with van der Waals surface area (Å²) in [7, 11) is 0. The van der Waals surface area contributed by atoms with Crippen LogP contribution in [0.15, 0.2) is 54.6 Å². The van der Waals surface area contributed by atoms with Crippen molar-refractivity contribution < 1.29 is 14.3 Å². The summed E-state index contributed by atoms with van der Waals surface area (Å²) in [5, 5.41) is 2.90. The molecule has 0 bridgehead atoms. The number of thioether (sulfide) groups is 1. The summed E-state index contributed by atoms with van der Waals surface area (Å²) in [5.41, 5.74) is 1.30. The monoisotopic (exact) mass is 329 g/mol. The Bertz CT molecular complexity index is 648. The van der Waals surface area contributed by atoms with Gasteiger partial charge in [-0.05, 0) is 17.7 Å². The van der Waals surface area contributed by atoms with Gasteiger partial charge in [0.1, 0.15) is 6.61 Å². The lowest BCUT2D eigenvalue weighted by Crippen LogP contribution is -2.44. The Balaban J connectivity index is 1.37. The lowest BCUT2D eigenvalue weighted by molar-refractivity contribution is -0.130. The summed E-state index contributed by atoms with van der Waals surface area (Å²) in [6.07, 6.45) is -0.580. The van der Waals surface area contributed by atoms with Gasteiger partial charge in [0.2, 0.25) is 6.10 Å². The predicted molar refractivity (Wildman–Crippen MR) is 92.0 cm³/mol. The van der Waals surface area contributed by atoms with Crippen molar-refractivity contribution in [1.82, 2.24) is 5.32 Å². The third-order valence-corrected chi connectivity index (χ3v) is 4.49. The Labute approximate surface area is 140 Å². The molecule has 0 aliphatic carbocycles. The SMILES string of the molecule is O=C(NCCSCc1ccccc1)C1COc2ccccc2O1. The Hall–Kier alpha value is -2.14. The number of carbonyl (C=O) groups excluding carboxylic acids is 1. The molecule has 1 aliphatic heterocycles. The lowest BCUT2D eigenvalue weighted by Gasteiger charge is -2.25. The highest BCUT2D eigenvalue weighted by molar-refractivity contribution is 7.98. The predicted octanol–water partition coefficient (Wildman–Crippen LogP) is 2.88. The van der Waals surface area contributed by atoms with E-state index in [1.54, 1.807) is 11.8 Å². The summed E-state index contributed by atoms with van der Waals surface area (Å²) in [6, 6.07) is 17.7. The number of ether oxygens (including phenoxy) is 2. The van der Waals surface area contributed by atoms with Crippen LogP contribution >= 0.6 is 11.8 Å². The molecule has 0 fully saturated rings. The fourth-order valence-corrected chi connectivity index (χ4v) is 3.09. The zero-order valence-corrected chi connectivity index (χ0v) is 13.6. The molecule has 0 saturated heterocycles. The van der Waals surface area contributed by atoms with E-state index in [9.17, 15) is 4.79 Å². The first-order chi connectivity index (χ1) is 11.3. The molecule has 1 N–H and O–H groups in total. The average Bonchev–Trinajstić information content (AvgIpc) is 2.61. The number of nitrogens with one attached hydrogen (secondary N) is 1. The van der Waals surface area contributed by atoms with E-state index in [-0.39, 0.29) is 12.5 Å². The highest BCUT2D eigenvalue weighted by atomic mass is 32.2. The van der Waals surface area contributed by atoms with Crippen LogP contribution < -0.4 is 14.8 Å². The number of hydrogen-bond acceptors (Lipinski definition) is 4. The van der Waals surface area contributed by atoms with Crippen LogP contribution in [0.3, 0.4) is 0 Å². The van der Waals surface area contributed by atoms with Crippen LogP contribution in [0.1, 0.15) is 5.56 Å². The van der Waals surface area contributed by atoms with E-state index in [0.29, 0.717) is 18.0 Å². The summed E-state index contributed by atoms with van der Waals surface area (Å²) in [6.45, 7) is 0.873. The molecule has 0 saturated carbocycles. The van der Waals surface area contributed by atoms with E-state index in [0.717, 1.165) is 11.5 Å². The highest BCUT2D eigenvalue weighted by Crippen LogP contribution is 2.30. The zero-order chi connectivity index (χ0) is 15.9. The van der Waals surface area contributed by atoms with Crippen molar-refractivity contribution in [2.24, 2.45) is 0 Å². The van der Waals surface area contributed by atoms with E-state index in [4.69, 9.17) is 9.47 Å². The average molecular weight is 329 g/mol. The lowest BCUT2D eigenvalue weighted by atomic mass is 10.2. The van der Waals surface area contributed by atoms with Crippen molar-refractivity contribution in [2.45, 2.75) is 11.9 Å². The molecule has 23 heavy (non-hydrogen) atoms. The van der Waals surface area contributed by atoms with Gasteiger partial charge in [-0.3, -0.25) is 4.79 Å². The van der Waals surface area contributed by atoms with Gasteiger partial charge in [-0.25, -0.2) is 0 Å². The standard InChI is InChI=1S/C18H19NO3S/c20-18(17-12-21-15-8-4-5-9-16(15)22-17)19-10-11-23-13-14-6-2-1-3-7-14/h1-9,17H,10-13H2,(H,19,20). The van der Waals surface area contributed by atoms with E-state index in [2.05, 4.69) is 17.4 Å². The fraction of sp³-hybridized carbons (Fsp3) is 0.278. The maximum Gasteiger partial charge on any atom is 0.264 e. The van der Waals surface area contributed by atoms with Crippen LogP contribution in [0.2, 0.25) is 0 Å². The smallest absolute Gasteiger partial charge is 0.264 e. The van der Waals surface area contributed by atoms with Gasteiger partial charge in [-0.15, -0.1) is 0 Å². The molecular weight excluding hydrogens is 310 g/mol. The highest BCUT2D eigenvalue weighted by Gasteiger charge is 2.26. The van der Waals surface area contributed by atoms with E-state index >= 15 is 0 Å². The Kier molecular flexibility index (Phi) is 5.42. The Morgan fingerprint density at radius 3 is 2.65 bits per heavy atom. The summed E-state index contributed by atoms with van der Waals surface area (Å²) >= 11 is 1.80. The molecule has 2 aromatic rings. The van der Waals surface area contributed by atoms with Crippen molar-refractivity contribution in [3.63, 3.8) is 0 Å². The molecule has 1 amide bonds. The second-order valence-corrected chi connectivity index (χ2v) is 6.30. The van der Waals surface area contributed by atoms with Crippen LogP contribution in [0.25, 0.3) is 0 Å². The molecule has 1 unspecified atom stereocenters. The molecule has 2 aromatic carbocycles. The van der Waals surface area contributed by atoms with Crippen LogP contribution in [-0.2, 0) is 10.5 Å². The largest absolute Gasteiger partial charge is 0.485 e. The third-order valence-electron chi connectivity index (χ3n) is 3.46. The summed E-state index contributed by atoms with van der Waals surface area (Å²) in [4.78, 5) is 12.1. The molecule has 5 heteroatoms. The maximum absolute atomic E-state index is 12.1.